The highest BCUT2D eigenvalue weighted by Gasteiger charge is 2.13. The molecule has 1 heterocycles. The van der Waals surface area contributed by atoms with Gasteiger partial charge < -0.3 is 9.47 Å². The van der Waals surface area contributed by atoms with Crippen molar-refractivity contribution in [1.29, 1.82) is 0 Å². The molecule has 0 saturated carbocycles. The van der Waals surface area contributed by atoms with Crippen molar-refractivity contribution in [2.45, 2.75) is 10.1 Å². The first kappa shape index (κ1) is 18.0. The van der Waals surface area contributed by atoms with Crippen molar-refractivity contribution >= 4 is 23.4 Å². The van der Waals surface area contributed by atoms with E-state index in [1.807, 2.05) is 54.9 Å². The SMILES string of the molecule is CN(C)c1ccc(-c2nnc(Sc3ccc(C(=O)NO)cc3)n2C)cc1. The maximum Gasteiger partial charge on any atom is 0.274 e. The number of nitrogens with one attached hydrogen (secondary N) is 1. The minimum atomic E-state index is -0.538. The number of carbonyl (C=O) groups is 1. The van der Waals surface area contributed by atoms with Gasteiger partial charge in [-0.2, -0.15) is 0 Å². The van der Waals surface area contributed by atoms with E-state index < -0.39 is 5.91 Å². The summed E-state index contributed by atoms with van der Waals surface area (Å²) >= 11 is 1.45. The molecule has 3 rings (SSSR count). The number of benzene rings is 2. The third-order valence-corrected chi connectivity index (χ3v) is 4.95. The van der Waals surface area contributed by atoms with Crippen LogP contribution in [0.25, 0.3) is 11.4 Å². The van der Waals surface area contributed by atoms with Crippen molar-refractivity contribution < 1.29 is 10.0 Å². The summed E-state index contributed by atoms with van der Waals surface area (Å²) in [4.78, 5) is 14.3. The van der Waals surface area contributed by atoms with Gasteiger partial charge in [0.25, 0.3) is 5.91 Å². The zero-order chi connectivity index (χ0) is 18.7. The Bertz CT molecular complexity index is 904. The molecule has 0 aliphatic heterocycles. The number of hydroxylamine groups is 1. The van der Waals surface area contributed by atoms with Crippen LogP contribution in [-0.4, -0.2) is 40.0 Å². The van der Waals surface area contributed by atoms with Crippen LogP contribution in [0.3, 0.4) is 0 Å². The van der Waals surface area contributed by atoms with Crippen molar-refractivity contribution in [3.05, 3.63) is 54.1 Å². The van der Waals surface area contributed by atoms with Gasteiger partial charge >= 0.3 is 0 Å². The molecule has 0 radical (unpaired) electrons. The fourth-order valence-electron chi connectivity index (χ4n) is 2.41. The molecular weight excluding hydrogens is 350 g/mol. The summed E-state index contributed by atoms with van der Waals surface area (Å²) in [5.74, 6) is 0.248. The van der Waals surface area contributed by atoms with Crippen molar-refractivity contribution in [1.82, 2.24) is 20.2 Å². The number of hydrogen-bond acceptors (Lipinski definition) is 6. The number of nitrogens with zero attached hydrogens (tertiary/aromatic N) is 4. The minimum absolute atomic E-state index is 0.386. The average molecular weight is 369 g/mol. The summed E-state index contributed by atoms with van der Waals surface area (Å²) in [5.41, 5.74) is 4.12. The van der Waals surface area contributed by atoms with Crippen LogP contribution >= 0.6 is 11.8 Å². The van der Waals surface area contributed by atoms with E-state index in [1.54, 1.807) is 29.7 Å². The fourth-order valence-corrected chi connectivity index (χ4v) is 3.20. The second-order valence-corrected chi connectivity index (χ2v) is 6.91. The second kappa shape index (κ2) is 7.59. The van der Waals surface area contributed by atoms with E-state index in [-0.39, 0.29) is 0 Å². The normalized spacial score (nSPS) is 10.6. The number of anilines is 1. The van der Waals surface area contributed by atoms with Gasteiger partial charge in [0, 0.05) is 42.9 Å². The molecule has 0 bridgehead atoms. The Hall–Kier alpha value is -2.84. The Morgan fingerprint density at radius 1 is 1.08 bits per heavy atom. The summed E-state index contributed by atoms with van der Waals surface area (Å²) in [6.45, 7) is 0. The van der Waals surface area contributed by atoms with Gasteiger partial charge in [0.2, 0.25) is 0 Å². The lowest BCUT2D eigenvalue weighted by molar-refractivity contribution is 0.0706. The predicted octanol–water partition coefficient (Wildman–Crippen LogP) is 2.82. The molecule has 2 aromatic carbocycles. The summed E-state index contributed by atoms with van der Waals surface area (Å²) in [6.07, 6.45) is 0. The third kappa shape index (κ3) is 3.71. The van der Waals surface area contributed by atoms with Crippen LogP contribution in [0.15, 0.2) is 58.6 Å². The van der Waals surface area contributed by atoms with Crippen LogP contribution in [0.1, 0.15) is 10.4 Å². The lowest BCUT2D eigenvalue weighted by atomic mass is 10.2. The van der Waals surface area contributed by atoms with Crippen LogP contribution in [0, 0.1) is 0 Å². The highest BCUT2D eigenvalue weighted by molar-refractivity contribution is 7.99. The largest absolute Gasteiger partial charge is 0.378 e. The van der Waals surface area contributed by atoms with E-state index >= 15 is 0 Å². The first-order chi connectivity index (χ1) is 12.5. The fraction of sp³-hybridized carbons (Fsp3) is 0.167. The number of amides is 1. The van der Waals surface area contributed by atoms with Gasteiger partial charge in [0.15, 0.2) is 11.0 Å². The molecule has 0 saturated heterocycles. The zero-order valence-electron chi connectivity index (χ0n) is 14.7. The molecule has 0 atom stereocenters. The highest BCUT2D eigenvalue weighted by atomic mass is 32.2. The standard InChI is InChI=1S/C18H19N5O2S/c1-22(2)14-8-4-12(5-9-14)16-19-20-18(23(16)3)26-15-10-6-13(7-11-15)17(24)21-25/h4-11,25H,1-3H3,(H,21,24). The molecule has 0 fully saturated rings. The number of carbonyl (C=O) groups excluding carboxylic acids is 1. The lowest BCUT2D eigenvalue weighted by Crippen LogP contribution is -2.18. The first-order valence-corrected chi connectivity index (χ1v) is 8.70. The Balaban J connectivity index is 1.79. The Morgan fingerprint density at radius 2 is 1.73 bits per heavy atom. The molecule has 8 heteroatoms. The average Bonchev–Trinajstić information content (AvgIpc) is 3.02. The van der Waals surface area contributed by atoms with Crippen molar-refractivity contribution in [2.24, 2.45) is 7.05 Å². The second-order valence-electron chi connectivity index (χ2n) is 5.87. The predicted molar refractivity (Wildman–Crippen MR) is 101 cm³/mol. The van der Waals surface area contributed by atoms with E-state index in [1.165, 1.54) is 11.8 Å². The summed E-state index contributed by atoms with van der Waals surface area (Å²) in [5, 5.41) is 18.0. The monoisotopic (exact) mass is 369 g/mol. The molecule has 2 N–H and O–H groups in total. The van der Waals surface area contributed by atoms with Crippen LogP contribution in [0.4, 0.5) is 5.69 Å². The molecule has 1 aromatic heterocycles. The topological polar surface area (TPSA) is 83.3 Å². The van der Waals surface area contributed by atoms with E-state index in [9.17, 15) is 4.79 Å². The molecule has 26 heavy (non-hydrogen) atoms. The van der Waals surface area contributed by atoms with Gasteiger partial charge in [-0.05, 0) is 60.3 Å². The molecule has 0 aliphatic carbocycles. The smallest absolute Gasteiger partial charge is 0.274 e. The van der Waals surface area contributed by atoms with Gasteiger partial charge in [-0.15, -0.1) is 10.2 Å². The Kier molecular flexibility index (Phi) is 5.24. The van der Waals surface area contributed by atoms with E-state index in [0.717, 1.165) is 27.1 Å². The van der Waals surface area contributed by atoms with E-state index in [4.69, 9.17) is 5.21 Å². The minimum Gasteiger partial charge on any atom is -0.378 e. The Morgan fingerprint density at radius 3 is 2.31 bits per heavy atom. The molecular formula is C18H19N5O2S. The zero-order valence-corrected chi connectivity index (χ0v) is 15.5. The first-order valence-electron chi connectivity index (χ1n) is 7.89. The number of aromatic nitrogens is 3. The van der Waals surface area contributed by atoms with E-state index in [0.29, 0.717) is 5.56 Å². The number of rotatable bonds is 5. The maximum atomic E-state index is 11.4. The summed E-state index contributed by atoms with van der Waals surface area (Å²) in [6, 6.07) is 15.0. The number of hydrogen-bond donors (Lipinski definition) is 2. The van der Waals surface area contributed by atoms with Gasteiger partial charge in [-0.3, -0.25) is 10.0 Å². The molecule has 0 spiro atoms. The quantitative estimate of drug-likeness (QED) is 0.532. The lowest BCUT2D eigenvalue weighted by Gasteiger charge is -2.12. The van der Waals surface area contributed by atoms with Gasteiger partial charge in [0.05, 0.1) is 0 Å². The van der Waals surface area contributed by atoms with Crippen molar-refractivity contribution in [2.75, 3.05) is 19.0 Å². The van der Waals surface area contributed by atoms with Gasteiger partial charge in [0.1, 0.15) is 0 Å². The molecule has 3 aromatic rings. The van der Waals surface area contributed by atoms with Crippen molar-refractivity contribution in [3.8, 4) is 11.4 Å². The van der Waals surface area contributed by atoms with Crippen molar-refractivity contribution in [3.63, 3.8) is 0 Å². The van der Waals surface area contributed by atoms with Crippen LogP contribution in [-0.2, 0) is 7.05 Å². The maximum absolute atomic E-state index is 11.4. The Labute approximate surface area is 155 Å². The highest BCUT2D eigenvalue weighted by Crippen LogP contribution is 2.29. The van der Waals surface area contributed by atoms with E-state index in [2.05, 4.69) is 10.2 Å². The molecule has 1 amide bonds. The van der Waals surface area contributed by atoms with Gasteiger partial charge in [-0.1, -0.05) is 0 Å². The summed E-state index contributed by atoms with van der Waals surface area (Å²) < 4.78 is 1.93. The van der Waals surface area contributed by atoms with Gasteiger partial charge in [-0.25, -0.2) is 5.48 Å². The third-order valence-electron chi connectivity index (χ3n) is 3.90. The summed E-state index contributed by atoms with van der Waals surface area (Å²) in [7, 11) is 5.92. The van der Waals surface area contributed by atoms with Crippen LogP contribution in [0.5, 0.6) is 0 Å². The molecule has 7 nitrogen and oxygen atoms in total. The van der Waals surface area contributed by atoms with Crippen LogP contribution in [0.2, 0.25) is 0 Å². The molecule has 134 valence electrons. The molecule has 0 aliphatic rings. The van der Waals surface area contributed by atoms with Crippen LogP contribution < -0.4 is 10.4 Å². The molecule has 0 unspecified atom stereocenters.